The molecule has 2 aliphatic heterocycles. The zero-order valence-corrected chi connectivity index (χ0v) is 14.9. The van der Waals surface area contributed by atoms with Gasteiger partial charge in [0.15, 0.2) is 0 Å². The Hall–Kier alpha value is -1.38. The van der Waals surface area contributed by atoms with Crippen LogP contribution in [0.1, 0.15) is 41.8 Å². The van der Waals surface area contributed by atoms with Gasteiger partial charge in [0.05, 0.1) is 36.3 Å². The Labute approximate surface area is 142 Å². The third-order valence-electron chi connectivity index (χ3n) is 4.84. The number of carbonyl (C=O) groups excluding carboxylic acids is 1. The molecule has 3 rings (SSSR count). The summed E-state index contributed by atoms with van der Waals surface area (Å²) in [4.78, 5) is 14.4. The van der Waals surface area contributed by atoms with Crippen molar-refractivity contribution >= 4 is 15.9 Å². The van der Waals surface area contributed by atoms with Crippen LogP contribution in [0.15, 0.2) is 16.7 Å². The molecule has 2 atom stereocenters. The van der Waals surface area contributed by atoms with Crippen LogP contribution in [-0.4, -0.2) is 56.8 Å². The zero-order valence-electron chi connectivity index (χ0n) is 14.1. The van der Waals surface area contributed by atoms with Crippen LogP contribution in [0.25, 0.3) is 0 Å². The Balaban J connectivity index is 1.63. The quantitative estimate of drug-likeness (QED) is 0.878. The maximum absolute atomic E-state index is 12.6. The topological polar surface area (TPSA) is 88.9 Å². The average Bonchev–Trinajstić information content (AvgIpc) is 3.11. The van der Waals surface area contributed by atoms with Crippen molar-refractivity contribution in [1.29, 1.82) is 0 Å². The molecule has 2 aliphatic rings. The van der Waals surface area contributed by atoms with Gasteiger partial charge in [-0.05, 0) is 38.7 Å². The maximum atomic E-state index is 12.6. The lowest BCUT2D eigenvalue weighted by molar-refractivity contribution is -0.116. The molecule has 0 radical (unpaired) electrons. The predicted octanol–water partition coefficient (Wildman–Crippen LogP) is 1.29. The van der Waals surface area contributed by atoms with Crippen molar-refractivity contribution in [2.45, 2.75) is 44.3 Å². The van der Waals surface area contributed by atoms with Crippen molar-refractivity contribution in [3.63, 3.8) is 0 Å². The molecule has 1 aromatic rings. The smallest absolute Gasteiger partial charge is 0.257 e. The molecule has 0 saturated carbocycles. The maximum Gasteiger partial charge on any atom is 0.257 e. The fraction of sp³-hybridized carbons (Fsp3) is 0.688. The monoisotopic (exact) mass is 356 g/mol. The van der Waals surface area contributed by atoms with Gasteiger partial charge in [-0.15, -0.1) is 0 Å². The first-order valence-electron chi connectivity index (χ1n) is 8.24. The van der Waals surface area contributed by atoms with E-state index in [2.05, 4.69) is 4.72 Å². The summed E-state index contributed by atoms with van der Waals surface area (Å²) < 4.78 is 36.5. The predicted molar refractivity (Wildman–Crippen MR) is 88.3 cm³/mol. The molecule has 1 aromatic heterocycles. The van der Waals surface area contributed by atoms with Crippen molar-refractivity contribution in [3.05, 3.63) is 23.7 Å². The number of nitrogens with zero attached hydrogens (tertiary/aromatic N) is 1. The van der Waals surface area contributed by atoms with Gasteiger partial charge >= 0.3 is 0 Å². The van der Waals surface area contributed by atoms with Crippen molar-refractivity contribution in [2.24, 2.45) is 0 Å². The number of rotatable bonds is 4. The molecule has 2 saturated heterocycles. The van der Waals surface area contributed by atoms with Crippen molar-refractivity contribution in [2.75, 3.05) is 25.9 Å². The number of hydrogen-bond acceptors (Lipinski definition) is 5. The van der Waals surface area contributed by atoms with E-state index in [1.165, 1.54) is 6.26 Å². The fourth-order valence-corrected chi connectivity index (χ4v) is 4.10. The van der Waals surface area contributed by atoms with Gasteiger partial charge in [0.25, 0.3) is 5.91 Å². The number of aryl methyl sites for hydroxylation is 1. The third-order valence-corrected chi connectivity index (χ3v) is 5.53. The van der Waals surface area contributed by atoms with Crippen molar-refractivity contribution < 1.29 is 22.4 Å². The van der Waals surface area contributed by atoms with Gasteiger partial charge in [0.1, 0.15) is 5.76 Å². The minimum Gasteiger partial charge on any atom is -0.469 e. The second kappa shape index (κ2) is 6.50. The van der Waals surface area contributed by atoms with E-state index in [9.17, 15) is 13.2 Å². The molecule has 8 heteroatoms. The Morgan fingerprint density at radius 1 is 1.46 bits per heavy atom. The fourth-order valence-electron chi connectivity index (χ4n) is 3.61. The van der Waals surface area contributed by atoms with E-state index in [0.29, 0.717) is 24.4 Å². The zero-order chi connectivity index (χ0) is 17.4. The van der Waals surface area contributed by atoms with E-state index < -0.39 is 10.0 Å². The van der Waals surface area contributed by atoms with Crippen LogP contribution < -0.4 is 4.72 Å². The second-order valence-corrected chi connectivity index (χ2v) is 8.64. The van der Waals surface area contributed by atoms with Gasteiger partial charge in [-0.25, -0.2) is 13.1 Å². The van der Waals surface area contributed by atoms with E-state index in [4.69, 9.17) is 9.15 Å². The SMILES string of the molecule is Cc1occc1C(=O)N1CC[C@]2(CCC[C@@H](CNS(C)(=O)=O)O2)C1. The van der Waals surface area contributed by atoms with Gasteiger partial charge in [-0.1, -0.05) is 0 Å². The lowest BCUT2D eigenvalue weighted by Crippen LogP contribution is -2.47. The van der Waals surface area contributed by atoms with Crippen LogP contribution >= 0.6 is 0 Å². The van der Waals surface area contributed by atoms with Crippen molar-refractivity contribution in [1.82, 2.24) is 9.62 Å². The van der Waals surface area contributed by atoms with Gasteiger partial charge < -0.3 is 14.1 Å². The van der Waals surface area contributed by atoms with Gasteiger partial charge in [0, 0.05) is 13.1 Å². The number of nitrogens with one attached hydrogen (secondary N) is 1. The Morgan fingerprint density at radius 2 is 2.25 bits per heavy atom. The molecule has 24 heavy (non-hydrogen) atoms. The Kier molecular flexibility index (Phi) is 4.72. The molecular weight excluding hydrogens is 332 g/mol. The molecular formula is C16H24N2O5S. The highest BCUT2D eigenvalue weighted by atomic mass is 32.2. The number of hydrogen-bond donors (Lipinski definition) is 1. The lowest BCUT2D eigenvalue weighted by Gasteiger charge is -2.38. The molecule has 1 amide bonds. The summed E-state index contributed by atoms with van der Waals surface area (Å²) >= 11 is 0. The van der Waals surface area contributed by atoms with Crippen LogP contribution in [0.2, 0.25) is 0 Å². The molecule has 0 aliphatic carbocycles. The van der Waals surface area contributed by atoms with E-state index in [1.807, 2.05) is 4.90 Å². The third kappa shape index (κ3) is 3.81. The molecule has 3 heterocycles. The summed E-state index contributed by atoms with van der Waals surface area (Å²) in [5.41, 5.74) is 0.244. The molecule has 134 valence electrons. The average molecular weight is 356 g/mol. The molecule has 0 aromatic carbocycles. The van der Waals surface area contributed by atoms with Crippen LogP contribution in [-0.2, 0) is 14.8 Å². The summed E-state index contributed by atoms with van der Waals surface area (Å²) in [6.07, 6.45) is 6.02. The Bertz CT molecular complexity index is 714. The number of ether oxygens (including phenoxy) is 1. The summed E-state index contributed by atoms with van der Waals surface area (Å²) in [7, 11) is -3.22. The van der Waals surface area contributed by atoms with Gasteiger partial charge in [-0.3, -0.25) is 4.79 Å². The highest BCUT2D eigenvalue weighted by molar-refractivity contribution is 7.88. The van der Waals surface area contributed by atoms with Crippen LogP contribution in [0.3, 0.4) is 0 Å². The summed E-state index contributed by atoms with van der Waals surface area (Å²) in [6, 6.07) is 1.70. The normalized spacial score (nSPS) is 27.8. The number of amides is 1. The van der Waals surface area contributed by atoms with E-state index in [-0.39, 0.29) is 24.2 Å². The summed E-state index contributed by atoms with van der Waals surface area (Å²) in [5, 5.41) is 0. The van der Waals surface area contributed by atoms with Gasteiger partial charge in [0.2, 0.25) is 10.0 Å². The summed E-state index contributed by atoms with van der Waals surface area (Å²) in [5.74, 6) is 0.596. The lowest BCUT2D eigenvalue weighted by atomic mass is 9.90. The standard InChI is InChI=1S/C16H24N2O5S/c1-12-14(5-9-22-12)15(19)18-8-7-16(11-18)6-3-4-13(23-16)10-17-24(2,20)21/h5,9,13,17H,3-4,6-8,10-11H2,1-2H3/t13-,16+/m0/s1. The van der Waals surface area contributed by atoms with E-state index >= 15 is 0 Å². The largest absolute Gasteiger partial charge is 0.469 e. The summed E-state index contributed by atoms with van der Waals surface area (Å²) in [6.45, 7) is 3.26. The first-order valence-corrected chi connectivity index (χ1v) is 10.1. The first kappa shape index (κ1) is 17.4. The molecule has 1 spiro atoms. The van der Waals surface area contributed by atoms with Crippen LogP contribution in [0.4, 0.5) is 0 Å². The minimum atomic E-state index is -3.22. The van der Waals surface area contributed by atoms with E-state index in [0.717, 1.165) is 31.9 Å². The first-order chi connectivity index (χ1) is 11.3. The highest BCUT2D eigenvalue weighted by Gasteiger charge is 2.44. The molecule has 0 bridgehead atoms. The minimum absolute atomic E-state index is 0.0295. The highest BCUT2D eigenvalue weighted by Crippen LogP contribution is 2.37. The molecule has 0 unspecified atom stereocenters. The number of furan rings is 1. The van der Waals surface area contributed by atoms with Gasteiger partial charge in [-0.2, -0.15) is 0 Å². The number of carbonyl (C=O) groups is 1. The number of sulfonamides is 1. The van der Waals surface area contributed by atoms with Crippen LogP contribution in [0.5, 0.6) is 0 Å². The van der Waals surface area contributed by atoms with Crippen molar-refractivity contribution in [3.8, 4) is 0 Å². The molecule has 2 fully saturated rings. The number of likely N-dealkylation sites (tertiary alicyclic amines) is 1. The Morgan fingerprint density at radius 3 is 2.92 bits per heavy atom. The molecule has 7 nitrogen and oxygen atoms in total. The van der Waals surface area contributed by atoms with E-state index in [1.54, 1.807) is 13.0 Å². The second-order valence-electron chi connectivity index (χ2n) is 6.80. The molecule has 1 N–H and O–H groups in total. The van der Waals surface area contributed by atoms with Crippen LogP contribution in [0, 0.1) is 6.92 Å².